The van der Waals surface area contributed by atoms with Crippen LogP contribution in [0.1, 0.15) is 42.1 Å². The first kappa shape index (κ1) is 13.0. The number of amides is 1. The van der Waals surface area contributed by atoms with E-state index in [2.05, 4.69) is 0 Å². The fourth-order valence-electron chi connectivity index (χ4n) is 2.27. The van der Waals surface area contributed by atoms with Crippen LogP contribution < -0.4 is 0 Å². The van der Waals surface area contributed by atoms with Crippen LogP contribution in [0.25, 0.3) is 0 Å². The lowest BCUT2D eigenvalue weighted by molar-refractivity contribution is 0.0120. The second kappa shape index (κ2) is 4.67. The van der Waals surface area contributed by atoms with Crippen LogP contribution in [-0.2, 0) is 0 Å². The summed E-state index contributed by atoms with van der Waals surface area (Å²) in [5.74, 6) is -2.81. The van der Waals surface area contributed by atoms with Crippen LogP contribution in [0.15, 0.2) is 24.3 Å². The first-order valence-electron chi connectivity index (χ1n) is 6.17. The number of alkyl halides is 2. The van der Waals surface area contributed by atoms with E-state index in [0.29, 0.717) is 5.56 Å². The topological polar surface area (TPSA) is 20.3 Å². The van der Waals surface area contributed by atoms with Crippen molar-refractivity contribution >= 4 is 5.91 Å². The molecule has 1 saturated heterocycles. The Morgan fingerprint density at radius 2 is 2.00 bits per heavy atom. The van der Waals surface area contributed by atoms with Crippen molar-refractivity contribution in [1.82, 2.24) is 4.90 Å². The second-order valence-corrected chi connectivity index (χ2v) is 5.07. The molecule has 1 aliphatic heterocycles. The SMILES string of the molecule is CC(C)c1ccccc1C(=O)N1CCC(F)(F)C1. The van der Waals surface area contributed by atoms with Crippen molar-refractivity contribution in [3.05, 3.63) is 35.4 Å². The van der Waals surface area contributed by atoms with Crippen molar-refractivity contribution in [2.75, 3.05) is 13.1 Å². The van der Waals surface area contributed by atoms with Crippen molar-refractivity contribution in [2.24, 2.45) is 0 Å². The second-order valence-electron chi connectivity index (χ2n) is 5.07. The molecule has 0 N–H and O–H groups in total. The van der Waals surface area contributed by atoms with E-state index in [9.17, 15) is 13.6 Å². The van der Waals surface area contributed by atoms with E-state index in [1.165, 1.54) is 4.90 Å². The van der Waals surface area contributed by atoms with Gasteiger partial charge in [0.15, 0.2) is 0 Å². The summed E-state index contributed by atoms with van der Waals surface area (Å²) in [5.41, 5.74) is 1.46. The Bertz CT molecular complexity index is 457. The van der Waals surface area contributed by atoms with E-state index in [1.807, 2.05) is 26.0 Å². The molecule has 18 heavy (non-hydrogen) atoms. The molecule has 0 aliphatic carbocycles. The Morgan fingerprint density at radius 1 is 1.33 bits per heavy atom. The third-order valence-electron chi connectivity index (χ3n) is 3.27. The minimum atomic E-state index is -2.73. The van der Waals surface area contributed by atoms with Crippen molar-refractivity contribution < 1.29 is 13.6 Å². The number of rotatable bonds is 2. The third-order valence-corrected chi connectivity index (χ3v) is 3.27. The van der Waals surface area contributed by atoms with Gasteiger partial charge in [0.2, 0.25) is 0 Å². The Balaban J connectivity index is 2.25. The van der Waals surface area contributed by atoms with Gasteiger partial charge in [-0.1, -0.05) is 32.0 Å². The van der Waals surface area contributed by atoms with Crippen LogP contribution in [0.4, 0.5) is 8.78 Å². The highest BCUT2D eigenvalue weighted by molar-refractivity contribution is 5.96. The fourth-order valence-corrected chi connectivity index (χ4v) is 2.27. The maximum atomic E-state index is 13.1. The van der Waals surface area contributed by atoms with Crippen LogP contribution in [-0.4, -0.2) is 29.8 Å². The number of halogens is 2. The van der Waals surface area contributed by atoms with Gasteiger partial charge < -0.3 is 4.90 Å². The maximum absolute atomic E-state index is 13.1. The molecule has 2 rings (SSSR count). The standard InChI is InChI=1S/C14H17F2NO/c1-10(2)11-5-3-4-6-12(11)13(18)17-8-7-14(15,16)9-17/h3-6,10H,7-9H2,1-2H3. The number of hydrogen-bond acceptors (Lipinski definition) is 1. The summed E-state index contributed by atoms with van der Waals surface area (Å²) in [4.78, 5) is 13.5. The van der Waals surface area contributed by atoms with Gasteiger partial charge in [0, 0.05) is 18.5 Å². The number of benzene rings is 1. The van der Waals surface area contributed by atoms with Gasteiger partial charge in [-0.05, 0) is 17.5 Å². The molecule has 0 spiro atoms. The summed E-state index contributed by atoms with van der Waals surface area (Å²) < 4.78 is 26.3. The number of nitrogens with zero attached hydrogens (tertiary/aromatic N) is 1. The lowest BCUT2D eigenvalue weighted by Gasteiger charge is -2.19. The average Bonchev–Trinajstić information content (AvgIpc) is 2.68. The molecule has 1 heterocycles. The summed E-state index contributed by atoms with van der Waals surface area (Å²) in [5, 5.41) is 0. The highest BCUT2D eigenvalue weighted by Gasteiger charge is 2.40. The Hall–Kier alpha value is -1.45. The smallest absolute Gasteiger partial charge is 0.267 e. The van der Waals surface area contributed by atoms with Gasteiger partial charge in [0.25, 0.3) is 11.8 Å². The molecule has 0 atom stereocenters. The summed E-state index contributed by atoms with van der Waals surface area (Å²) in [6, 6.07) is 7.23. The van der Waals surface area contributed by atoms with Crippen LogP contribution in [0, 0.1) is 0 Å². The molecule has 0 bridgehead atoms. The molecule has 4 heteroatoms. The normalized spacial score (nSPS) is 18.4. The molecule has 0 saturated carbocycles. The van der Waals surface area contributed by atoms with Gasteiger partial charge in [-0.2, -0.15) is 0 Å². The van der Waals surface area contributed by atoms with Crippen LogP contribution >= 0.6 is 0 Å². The molecule has 0 radical (unpaired) electrons. The Morgan fingerprint density at radius 3 is 2.56 bits per heavy atom. The zero-order chi connectivity index (χ0) is 13.3. The molecule has 0 aromatic heterocycles. The van der Waals surface area contributed by atoms with Crippen molar-refractivity contribution in [3.8, 4) is 0 Å². The number of carbonyl (C=O) groups excluding carboxylic acids is 1. The zero-order valence-electron chi connectivity index (χ0n) is 10.6. The Kier molecular flexibility index (Phi) is 3.37. The molecule has 1 aliphatic rings. The maximum Gasteiger partial charge on any atom is 0.267 e. The van der Waals surface area contributed by atoms with E-state index >= 15 is 0 Å². The minimum Gasteiger partial charge on any atom is -0.332 e. The van der Waals surface area contributed by atoms with Gasteiger partial charge in [-0.3, -0.25) is 4.79 Å². The van der Waals surface area contributed by atoms with Crippen molar-refractivity contribution in [1.29, 1.82) is 0 Å². The van der Waals surface area contributed by atoms with Gasteiger partial charge in [-0.25, -0.2) is 8.78 Å². The predicted octanol–water partition coefficient (Wildman–Crippen LogP) is 3.29. The first-order valence-corrected chi connectivity index (χ1v) is 6.17. The number of carbonyl (C=O) groups is 1. The first-order chi connectivity index (χ1) is 8.41. The minimum absolute atomic E-state index is 0.137. The van der Waals surface area contributed by atoms with E-state index in [0.717, 1.165) is 5.56 Å². The zero-order valence-corrected chi connectivity index (χ0v) is 10.6. The number of likely N-dealkylation sites (tertiary alicyclic amines) is 1. The monoisotopic (exact) mass is 253 g/mol. The molecule has 98 valence electrons. The van der Waals surface area contributed by atoms with E-state index in [4.69, 9.17) is 0 Å². The van der Waals surface area contributed by atoms with Crippen molar-refractivity contribution in [3.63, 3.8) is 0 Å². The quantitative estimate of drug-likeness (QED) is 0.792. The third kappa shape index (κ3) is 2.52. The van der Waals surface area contributed by atoms with Crippen LogP contribution in [0.3, 0.4) is 0 Å². The average molecular weight is 253 g/mol. The summed E-state index contributed by atoms with van der Waals surface area (Å²) in [6.07, 6.45) is -0.234. The highest BCUT2D eigenvalue weighted by atomic mass is 19.3. The molecule has 2 nitrogen and oxygen atoms in total. The Labute approximate surface area is 106 Å². The van der Waals surface area contributed by atoms with E-state index in [1.54, 1.807) is 12.1 Å². The fraction of sp³-hybridized carbons (Fsp3) is 0.500. The largest absolute Gasteiger partial charge is 0.332 e. The molecule has 0 unspecified atom stereocenters. The molecule has 1 aromatic carbocycles. The summed E-state index contributed by atoms with van der Waals surface area (Å²) >= 11 is 0. The van der Waals surface area contributed by atoms with Crippen LogP contribution in [0.2, 0.25) is 0 Å². The lowest BCUT2D eigenvalue weighted by Crippen LogP contribution is -2.32. The highest BCUT2D eigenvalue weighted by Crippen LogP contribution is 2.29. The van der Waals surface area contributed by atoms with Gasteiger partial charge >= 0.3 is 0 Å². The van der Waals surface area contributed by atoms with Gasteiger partial charge in [0.05, 0.1) is 6.54 Å². The molecular formula is C14H17F2NO. The molecular weight excluding hydrogens is 236 g/mol. The van der Waals surface area contributed by atoms with E-state index < -0.39 is 12.5 Å². The predicted molar refractivity (Wildman–Crippen MR) is 66.0 cm³/mol. The molecule has 1 aromatic rings. The molecule has 1 fully saturated rings. The van der Waals surface area contributed by atoms with E-state index in [-0.39, 0.29) is 24.8 Å². The van der Waals surface area contributed by atoms with Crippen molar-refractivity contribution in [2.45, 2.75) is 32.1 Å². The lowest BCUT2D eigenvalue weighted by atomic mass is 9.96. The van der Waals surface area contributed by atoms with Gasteiger partial charge in [0.1, 0.15) is 0 Å². The van der Waals surface area contributed by atoms with Gasteiger partial charge in [-0.15, -0.1) is 0 Å². The van der Waals surface area contributed by atoms with Crippen LogP contribution in [0.5, 0.6) is 0 Å². The summed E-state index contributed by atoms with van der Waals surface area (Å²) in [7, 11) is 0. The summed E-state index contributed by atoms with van der Waals surface area (Å²) in [6.45, 7) is 3.66. The number of hydrogen-bond donors (Lipinski definition) is 0. The molecule has 1 amide bonds.